The summed E-state index contributed by atoms with van der Waals surface area (Å²) in [6.45, 7) is 13.2. The summed E-state index contributed by atoms with van der Waals surface area (Å²) in [6, 6.07) is 18.8. The van der Waals surface area contributed by atoms with Crippen LogP contribution in [0.1, 0.15) is 82.5 Å². The summed E-state index contributed by atoms with van der Waals surface area (Å²) in [5, 5.41) is 19.3. The Morgan fingerprint density at radius 1 is 0.930 bits per heavy atom. The molecule has 0 radical (unpaired) electrons. The van der Waals surface area contributed by atoms with Gasteiger partial charge in [-0.1, -0.05) is 57.2 Å². The first-order chi connectivity index (χ1) is 33.9. The van der Waals surface area contributed by atoms with Crippen LogP contribution in [0.15, 0.2) is 100 Å². The number of hydrogen-bond donors (Lipinski definition) is 4. The standard InChI is InChI=1S/C52H66F3N7O8S/c1-35-47(71-34-59-35)37-18-16-36(17-19-37)31-58-49(65)44-29-40(63)32-62(44)50(66)48(51(2,3)4)61-46(64)33-68-26-11-7-9-24-67-25-10-8-12-27-69-42-15-13-14-38(28-42)43(56-5)30-45(57-6)60-39-20-22-41(23-21-39)70-52(53,54)55/h13-23,28,30,34,40,44,48,60,63H,6-12,24-27,29,31-33H2,1-5H3,(H,58,65)(H,61,64)/b45-30+,56-43+/t40-,44+,48-/m1/s1. The van der Waals surface area contributed by atoms with Crippen LogP contribution in [-0.4, -0.2) is 116 Å². The predicted octanol–water partition coefficient (Wildman–Crippen LogP) is 8.65. The summed E-state index contributed by atoms with van der Waals surface area (Å²) in [7, 11) is 1.64. The van der Waals surface area contributed by atoms with Crippen molar-refractivity contribution in [3.05, 3.63) is 107 Å². The predicted molar refractivity (Wildman–Crippen MR) is 270 cm³/mol. The van der Waals surface area contributed by atoms with Gasteiger partial charge in [0.25, 0.3) is 0 Å². The van der Waals surface area contributed by atoms with Crippen LogP contribution < -0.4 is 25.4 Å². The normalized spacial score (nSPS) is 15.8. The summed E-state index contributed by atoms with van der Waals surface area (Å²) in [5.41, 5.74) is 5.88. The average Bonchev–Trinajstić information content (AvgIpc) is 3.96. The monoisotopic (exact) mass is 1010 g/mol. The lowest BCUT2D eigenvalue weighted by Gasteiger charge is -2.35. The first-order valence-electron chi connectivity index (χ1n) is 23.7. The molecule has 15 nitrogen and oxygen atoms in total. The summed E-state index contributed by atoms with van der Waals surface area (Å²) in [5.74, 6) is -0.551. The number of hydrogen-bond acceptors (Lipinski definition) is 13. The lowest BCUT2D eigenvalue weighted by molar-refractivity contribution is -0.274. The average molecular weight is 1010 g/mol. The Labute approximate surface area is 418 Å². The van der Waals surface area contributed by atoms with Gasteiger partial charge in [0.1, 0.15) is 36.0 Å². The largest absolute Gasteiger partial charge is 0.573 e. The van der Waals surface area contributed by atoms with E-state index in [4.69, 9.17) is 14.2 Å². The number of halogens is 3. The molecule has 3 amide bonds. The van der Waals surface area contributed by atoms with Crippen LogP contribution >= 0.6 is 11.3 Å². The number of anilines is 1. The Balaban J connectivity index is 0.919. The van der Waals surface area contributed by atoms with E-state index in [1.54, 1.807) is 24.5 Å². The number of thiazole rings is 1. The Morgan fingerprint density at radius 2 is 1.61 bits per heavy atom. The Bertz CT molecular complexity index is 2410. The number of allylic oxidation sites excluding steroid dienone is 1. The van der Waals surface area contributed by atoms with Gasteiger partial charge in [-0.25, -0.2) is 9.98 Å². The van der Waals surface area contributed by atoms with E-state index in [0.717, 1.165) is 65.8 Å². The van der Waals surface area contributed by atoms with Crippen LogP contribution in [0.3, 0.4) is 0 Å². The van der Waals surface area contributed by atoms with Gasteiger partial charge in [-0.2, -0.15) is 0 Å². The number of aliphatic imine (C=N–C) groups is 2. The molecule has 3 atom stereocenters. The number of likely N-dealkylation sites (tertiary alicyclic amines) is 1. The number of aliphatic hydroxyl groups is 1. The molecule has 4 N–H and O–H groups in total. The molecule has 71 heavy (non-hydrogen) atoms. The number of aryl methyl sites for hydroxylation is 1. The van der Waals surface area contributed by atoms with Crippen LogP contribution in [0.5, 0.6) is 11.5 Å². The topological polar surface area (TPSA) is 185 Å². The van der Waals surface area contributed by atoms with Gasteiger partial charge < -0.3 is 44.9 Å². The number of ether oxygens (including phenoxy) is 4. The summed E-state index contributed by atoms with van der Waals surface area (Å²) in [4.78, 5) is 55.5. The van der Waals surface area contributed by atoms with Crippen LogP contribution in [0.2, 0.25) is 0 Å². The number of amides is 3. The molecule has 2 heterocycles. The van der Waals surface area contributed by atoms with Crippen LogP contribution in [0.25, 0.3) is 10.4 Å². The molecule has 5 rings (SSSR count). The van der Waals surface area contributed by atoms with E-state index in [1.165, 1.54) is 29.2 Å². The SMILES string of the molecule is C=N/C(=C\C(=N/C)c1cccc(OCCCCCOCCCCCOCC(=O)N[C@H](C(=O)N2C[C@H](O)C[C@H]2C(=O)NCc2ccc(-c3scnc3C)cc2)C(C)(C)C)c1)Nc1ccc(OC(F)(F)F)cc1. The fraction of sp³-hybridized carbons (Fsp3) is 0.462. The molecule has 1 aliphatic heterocycles. The second kappa shape index (κ2) is 27.5. The van der Waals surface area contributed by atoms with Crippen LogP contribution in [0, 0.1) is 12.3 Å². The molecule has 1 aromatic heterocycles. The van der Waals surface area contributed by atoms with Crippen molar-refractivity contribution in [2.75, 3.05) is 51.9 Å². The number of rotatable bonds is 27. The highest BCUT2D eigenvalue weighted by Gasteiger charge is 2.44. The Kier molecular flexibility index (Phi) is 21.6. The smallest absolute Gasteiger partial charge is 0.494 e. The van der Waals surface area contributed by atoms with Crippen LogP contribution in [0.4, 0.5) is 18.9 Å². The van der Waals surface area contributed by atoms with Gasteiger partial charge in [-0.3, -0.25) is 19.4 Å². The molecule has 0 unspecified atom stereocenters. The number of alkyl halides is 3. The first-order valence-corrected chi connectivity index (χ1v) is 24.5. The third-order valence-electron chi connectivity index (χ3n) is 11.4. The zero-order chi connectivity index (χ0) is 51.4. The second-order valence-corrected chi connectivity index (χ2v) is 19.0. The summed E-state index contributed by atoms with van der Waals surface area (Å²) in [6.07, 6.45) is 1.22. The number of carbonyl (C=O) groups excluding carboxylic acids is 3. The van der Waals surface area contributed by atoms with Crippen molar-refractivity contribution < 1.29 is 51.6 Å². The fourth-order valence-electron chi connectivity index (χ4n) is 7.67. The zero-order valence-electron chi connectivity index (χ0n) is 41.1. The van der Waals surface area contributed by atoms with E-state index in [9.17, 15) is 32.7 Å². The molecule has 384 valence electrons. The van der Waals surface area contributed by atoms with Crippen molar-refractivity contribution in [1.82, 2.24) is 20.5 Å². The van der Waals surface area contributed by atoms with Crippen molar-refractivity contribution in [2.24, 2.45) is 15.4 Å². The first kappa shape index (κ1) is 55.8. The molecule has 0 bridgehead atoms. The molecule has 1 aliphatic rings. The highest BCUT2D eigenvalue weighted by molar-refractivity contribution is 7.13. The number of unbranched alkanes of at least 4 members (excludes halogenated alkanes) is 4. The maximum absolute atomic E-state index is 13.9. The van der Waals surface area contributed by atoms with Crippen molar-refractivity contribution in [3.63, 3.8) is 0 Å². The number of carbonyl (C=O) groups is 3. The van der Waals surface area contributed by atoms with Gasteiger partial charge in [0, 0.05) is 63.7 Å². The van der Waals surface area contributed by atoms with Crippen molar-refractivity contribution >= 4 is 47.2 Å². The van der Waals surface area contributed by atoms with E-state index >= 15 is 0 Å². The minimum Gasteiger partial charge on any atom is -0.494 e. The van der Waals surface area contributed by atoms with E-state index in [1.807, 2.05) is 81.7 Å². The second-order valence-electron chi connectivity index (χ2n) is 18.1. The molecule has 1 saturated heterocycles. The van der Waals surface area contributed by atoms with E-state index in [-0.39, 0.29) is 37.8 Å². The minimum atomic E-state index is -4.78. The van der Waals surface area contributed by atoms with E-state index in [2.05, 4.69) is 42.4 Å². The molecule has 0 aliphatic carbocycles. The fourth-order valence-corrected chi connectivity index (χ4v) is 8.48. The lowest BCUT2D eigenvalue weighted by atomic mass is 9.85. The molecule has 1 fully saturated rings. The lowest BCUT2D eigenvalue weighted by Crippen LogP contribution is -2.58. The highest BCUT2D eigenvalue weighted by atomic mass is 32.1. The molecule has 19 heteroatoms. The van der Waals surface area contributed by atoms with Crippen molar-refractivity contribution in [1.29, 1.82) is 0 Å². The van der Waals surface area contributed by atoms with E-state index < -0.39 is 41.8 Å². The number of nitrogens with zero attached hydrogens (tertiary/aromatic N) is 4. The number of β-amino-alcohol motifs (C(OH)–C–C–N with tert-alkyl or cyclic N) is 1. The van der Waals surface area contributed by atoms with Crippen molar-refractivity contribution in [2.45, 2.75) is 104 Å². The van der Waals surface area contributed by atoms with Gasteiger partial charge in [0.05, 0.1) is 34.5 Å². The van der Waals surface area contributed by atoms with Crippen molar-refractivity contribution in [3.8, 4) is 21.9 Å². The third kappa shape index (κ3) is 18.5. The molecule has 4 aromatic rings. The maximum atomic E-state index is 13.9. The Morgan fingerprint density at radius 3 is 2.23 bits per heavy atom. The van der Waals surface area contributed by atoms with Gasteiger partial charge >= 0.3 is 6.36 Å². The van der Waals surface area contributed by atoms with Gasteiger partial charge in [0.2, 0.25) is 17.7 Å². The highest BCUT2D eigenvalue weighted by Crippen LogP contribution is 2.29. The maximum Gasteiger partial charge on any atom is 0.573 e. The molecule has 0 spiro atoms. The molecular weight excluding hydrogens is 940 g/mol. The minimum absolute atomic E-state index is 0.0104. The molecule has 3 aromatic carbocycles. The molecular formula is C52H66F3N7O8S. The summed E-state index contributed by atoms with van der Waals surface area (Å²) >= 11 is 1.57. The van der Waals surface area contributed by atoms with Gasteiger partial charge in [0.15, 0.2) is 0 Å². The number of aromatic nitrogens is 1. The third-order valence-corrected chi connectivity index (χ3v) is 12.4. The number of benzene rings is 3. The van der Waals surface area contributed by atoms with Gasteiger partial charge in [-0.15, -0.1) is 24.5 Å². The number of aliphatic hydroxyl groups excluding tert-OH is 1. The quantitative estimate of drug-likeness (QED) is 0.0333. The van der Waals surface area contributed by atoms with E-state index in [0.29, 0.717) is 49.4 Å². The zero-order valence-corrected chi connectivity index (χ0v) is 41.9. The number of nitrogens with one attached hydrogen (secondary N) is 3. The van der Waals surface area contributed by atoms with Crippen LogP contribution in [-0.2, 0) is 30.4 Å². The molecule has 0 saturated carbocycles. The Hall–Kier alpha value is -6.15. The summed E-state index contributed by atoms with van der Waals surface area (Å²) < 4.78 is 58.9. The van der Waals surface area contributed by atoms with Gasteiger partial charge in [-0.05, 0) is 105 Å².